The van der Waals surface area contributed by atoms with Gasteiger partial charge in [0.05, 0.1) is 11.2 Å². The minimum Gasteiger partial charge on any atom is -0.403 e. The third-order valence-electron chi connectivity index (χ3n) is 9.45. The summed E-state index contributed by atoms with van der Waals surface area (Å²) in [5.41, 5.74) is 1.53. The van der Waals surface area contributed by atoms with Gasteiger partial charge < -0.3 is 9.31 Å². The van der Waals surface area contributed by atoms with Gasteiger partial charge >= 0.3 is 7.12 Å². The van der Waals surface area contributed by atoms with E-state index in [0.717, 1.165) is 24.2 Å². The maximum Gasteiger partial charge on any atom is 0.464 e. The molecular weight excluding hydrogens is 331 g/mol. The Labute approximate surface area is 167 Å². The quantitative estimate of drug-likeness (QED) is 0.414. The van der Waals surface area contributed by atoms with Crippen molar-refractivity contribution in [2.24, 2.45) is 23.2 Å². The predicted octanol–water partition coefficient (Wildman–Crippen LogP) is 6.56. The van der Waals surface area contributed by atoms with Gasteiger partial charge in [0.2, 0.25) is 0 Å². The maximum atomic E-state index is 6.71. The summed E-state index contributed by atoms with van der Waals surface area (Å²) in [6, 6.07) is 0. The highest BCUT2D eigenvalue weighted by atomic mass is 16.7. The van der Waals surface area contributed by atoms with E-state index in [1.807, 2.05) is 0 Å². The van der Waals surface area contributed by atoms with E-state index in [1.165, 1.54) is 69.8 Å². The Hall–Kier alpha value is -0.275. The van der Waals surface area contributed by atoms with Crippen molar-refractivity contribution in [3.05, 3.63) is 12.2 Å². The molecule has 4 bridgehead atoms. The van der Waals surface area contributed by atoms with E-state index < -0.39 is 0 Å². The van der Waals surface area contributed by atoms with E-state index in [9.17, 15) is 0 Å². The highest BCUT2D eigenvalue weighted by Crippen LogP contribution is 2.67. The van der Waals surface area contributed by atoms with Crippen LogP contribution in [0.1, 0.15) is 98.3 Å². The van der Waals surface area contributed by atoms with Crippen LogP contribution in [-0.2, 0) is 9.31 Å². The molecule has 0 aromatic rings. The van der Waals surface area contributed by atoms with Gasteiger partial charge in [-0.25, -0.2) is 0 Å². The Morgan fingerprint density at radius 3 is 1.93 bits per heavy atom. The van der Waals surface area contributed by atoms with Crippen LogP contribution in [0.25, 0.3) is 0 Å². The number of allylic oxidation sites excluding steroid dienone is 1. The molecule has 1 atom stereocenters. The molecule has 6 rings (SSSR count). The van der Waals surface area contributed by atoms with Crippen molar-refractivity contribution < 1.29 is 9.31 Å². The SMILES string of the molecule is C=C1CCCC(CC23CC4CC(CC(C4)C2)C3)(B2OC(C)(C)C(C)(C)O2)C1. The van der Waals surface area contributed by atoms with Gasteiger partial charge in [0.25, 0.3) is 0 Å². The van der Waals surface area contributed by atoms with Crippen LogP contribution in [0.3, 0.4) is 0 Å². The lowest BCUT2D eigenvalue weighted by Gasteiger charge is -2.59. The molecule has 0 amide bonds. The summed E-state index contributed by atoms with van der Waals surface area (Å²) in [4.78, 5) is 0. The molecule has 6 fully saturated rings. The summed E-state index contributed by atoms with van der Waals surface area (Å²) >= 11 is 0. The van der Waals surface area contributed by atoms with Crippen molar-refractivity contribution in [1.29, 1.82) is 0 Å². The number of hydrogen-bond acceptors (Lipinski definition) is 2. The van der Waals surface area contributed by atoms with E-state index in [-0.39, 0.29) is 23.6 Å². The van der Waals surface area contributed by atoms with Gasteiger partial charge in [-0.2, -0.15) is 0 Å². The molecule has 6 aliphatic rings. The summed E-state index contributed by atoms with van der Waals surface area (Å²) in [5.74, 6) is 3.04. The monoisotopic (exact) mass is 370 g/mol. The molecule has 0 spiro atoms. The standard InChI is InChI=1S/C24H39BO2/c1-17-7-6-8-24(12-17,25-26-21(2,3)22(4,5)27-25)16-23-13-18-9-19(14-23)11-20(10-18)15-23/h18-20H,1,6-16H2,2-5H3. The van der Waals surface area contributed by atoms with E-state index in [2.05, 4.69) is 34.3 Å². The van der Waals surface area contributed by atoms with Gasteiger partial charge in [-0.3, -0.25) is 0 Å². The van der Waals surface area contributed by atoms with Crippen LogP contribution in [0, 0.1) is 23.2 Å². The first-order valence-corrected chi connectivity index (χ1v) is 11.6. The Bertz CT molecular complexity index is 585. The summed E-state index contributed by atoms with van der Waals surface area (Å²) < 4.78 is 13.4. The van der Waals surface area contributed by atoms with Crippen LogP contribution in [-0.4, -0.2) is 18.3 Å². The molecule has 0 aromatic heterocycles. The van der Waals surface area contributed by atoms with Crippen molar-refractivity contribution in [2.45, 2.75) is 115 Å². The van der Waals surface area contributed by atoms with Crippen LogP contribution in [0.2, 0.25) is 5.31 Å². The molecule has 2 nitrogen and oxygen atoms in total. The highest BCUT2D eigenvalue weighted by Gasteiger charge is 2.63. The first-order chi connectivity index (χ1) is 12.6. The topological polar surface area (TPSA) is 18.5 Å². The normalized spacial score (nSPS) is 47.6. The summed E-state index contributed by atoms with van der Waals surface area (Å²) in [6.07, 6.45) is 15.2. The Balaban J connectivity index is 1.46. The molecular formula is C24H39BO2. The second kappa shape index (κ2) is 5.88. The summed E-state index contributed by atoms with van der Waals surface area (Å²) in [5, 5.41) is 0.145. The fourth-order valence-corrected chi connectivity index (χ4v) is 8.15. The van der Waals surface area contributed by atoms with Gasteiger partial charge in [-0.15, -0.1) is 0 Å². The molecule has 150 valence electrons. The second-order valence-electron chi connectivity index (χ2n) is 12.3. The lowest BCUT2D eigenvalue weighted by molar-refractivity contribution is -0.0673. The zero-order valence-corrected chi connectivity index (χ0v) is 18.1. The first kappa shape index (κ1) is 18.7. The Kier molecular flexibility index (Phi) is 4.08. The second-order valence-corrected chi connectivity index (χ2v) is 12.3. The minimum absolute atomic E-state index is 0.0624. The Morgan fingerprint density at radius 1 is 0.926 bits per heavy atom. The molecule has 0 aromatic carbocycles. The molecule has 3 heteroatoms. The molecule has 1 unspecified atom stereocenters. The van der Waals surface area contributed by atoms with Gasteiger partial charge in [-0.05, 0) is 121 Å². The van der Waals surface area contributed by atoms with Gasteiger partial charge in [0, 0.05) is 5.31 Å². The molecule has 0 N–H and O–H groups in total. The fourth-order valence-electron chi connectivity index (χ4n) is 8.15. The molecule has 27 heavy (non-hydrogen) atoms. The van der Waals surface area contributed by atoms with Crippen molar-refractivity contribution in [2.75, 3.05) is 0 Å². The molecule has 0 radical (unpaired) electrons. The zero-order chi connectivity index (χ0) is 19.1. The lowest BCUT2D eigenvalue weighted by atomic mass is 9.40. The molecule has 5 saturated carbocycles. The van der Waals surface area contributed by atoms with E-state index in [1.54, 1.807) is 0 Å². The molecule has 1 aliphatic heterocycles. The van der Waals surface area contributed by atoms with Crippen molar-refractivity contribution in [3.63, 3.8) is 0 Å². The third-order valence-corrected chi connectivity index (χ3v) is 9.45. The van der Waals surface area contributed by atoms with E-state index >= 15 is 0 Å². The van der Waals surface area contributed by atoms with Crippen LogP contribution in [0.5, 0.6) is 0 Å². The average Bonchev–Trinajstić information content (AvgIpc) is 2.74. The number of hydrogen-bond donors (Lipinski definition) is 0. The average molecular weight is 370 g/mol. The summed E-state index contributed by atoms with van der Waals surface area (Å²) in [7, 11) is -0.0624. The van der Waals surface area contributed by atoms with Crippen LogP contribution in [0.4, 0.5) is 0 Å². The highest BCUT2D eigenvalue weighted by molar-refractivity contribution is 6.50. The van der Waals surface area contributed by atoms with Crippen molar-refractivity contribution in [3.8, 4) is 0 Å². The Morgan fingerprint density at radius 2 is 1.44 bits per heavy atom. The van der Waals surface area contributed by atoms with E-state index in [0.29, 0.717) is 5.41 Å². The first-order valence-electron chi connectivity index (χ1n) is 11.6. The van der Waals surface area contributed by atoms with Crippen molar-refractivity contribution in [1.82, 2.24) is 0 Å². The zero-order valence-electron chi connectivity index (χ0n) is 18.1. The smallest absolute Gasteiger partial charge is 0.403 e. The molecule has 1 heterocycles. The predicted molar refractivity (Wildman–Crippen MR) is 112 cm³/mol. The third kappa shape index (κ3) is 2.98. The van der Waals surface area contributed by atoms with Crippen LogP contribution >= 0.6 is 0 Å². The van der Waals surface area contributed by atoms with E-state index in [4.69, 9.17) is 9.31 Å². The minimum atomic E-state index is -0.231. The van der Waals surface area contributed by atoms with Gasteiger partial charge in [0.1, 0.15) is 0 Å². The number of rotatable bonds is 3. The molecule has 5 aliphatic carbocycles. The lowest BCUT2D eigenvalue weighted by Crippen LogP contribution is -2.50. The van der Waals surface area contributed by atoms with Gasteiger partial charge in [0.15, 0.2) is 0 Å². The molecule has 1 saturated heterocycles. The van der Waals surface area contributed by atoms with Crippen molar-refractivity contribution >= 4 is 7.12 Å². The maximum absolute atomic E-state index is 6.71. The van der Waals surface area contributed by atoms with Crippen LogP contribution in [0.15, 0.2) is 12.2 Å². The van der Waals surface area contributed by atoms with Gasteiger partial charge in [-0.1, -0.05) is 12.2 Å². The largest absolute Gasteiger partial charge is 0.464 e. The fraction of sp³-hybridized carbons (Fsp3) is 0.917. The summed E-state index contributed by atoms with van der Waals surface area (Å²) in [6.45, 7) is 13.3. The van der Waals surface area contributed by atoms with Crippen LogP contribution < -0.4 is 0 Å².